The number of rotatable bonds is 3. The molecule has 1 amide bonds. The summed E-state index contributed by atoms with van der Waals surface area (Å²) in [5.74, 6) is -0.184. The second-order valence-electron chi connectivity index (χ2n) is 3.81. The van der Waals surface area contributed by atoms with Crippen LogP contribution >= 0.6 is 15.9 Å². The van der Waals surface area contributed by atoms with Crippen LogP contribution in [0.4, 0.5) is 5.69 Å². The smallest absolute Gasteiger partial charge is 0.273 e. The second kappa shape index (κ2) is 5.30. The first-order valence-corrected chi connectivity index (χ1v) is 6.35. The Balaban J connectivity index is 2.22. The molecule has 0 bridgehead atoms. The molecule has 0 saturated heterocycles. The van der Waals surface area contributed by atoms with Gasteiger partial charge < -0.3 is 5.32 Å². The number of aryl methyl sites for hydroxylation is 2. The van der Waals surface area contributed by atoms with Crippen molar-refractivity contribution in [2.75, 3.05) is 5.32 Å². The predicted molar refractivity (Wildman–Crippen MR) is 72.5 cm³/mol. The first-order chi connectivity index (χ1) is 8.61. The van der Waals surface area contributed by atoms with Gasteiger partial charge in [0.2, 0.25) is 0 Å². The Morgan fingerprint density at radius 3 is 2.94 bits per heavy atom. The molecule has 0 aliphatic heterocycles. The van der Waals surface area contributed by atoms with Gasteiger partial charge in [0.05, 0.1) is 15.9 Å². The largest absolute Gasteiger partial charge is 0.320 e. The molecule has 2 aromatic rings. The molecule has 0 aliphatic rings. The maximum atomic E-state index is 12.1. The minimum Gasteiger partial charge on any atom is -0.320 e. The molecule has 94 valence electrons. The van der Waals surface area contributed by atoms with Gasteiger partial charge in [0.15, 0.2) is 0 Å². The normalized spacial score (nSPS) is 10.4. The van der Waals surface area contributed by atoms with E-state index in [-0.39, 0.29) is 5.91 Å². The highest BCUT2D eigenvalue weighted by Crippen LogP contribution is 2.20. The maximum absolute atomic E-state index is 12.1. The van der Waals surface area contributed by atoms with Crippen molar-refractivity contribution in [2.45, 2.75) is 13.3 Å². The number of aromatic nitrogens is 3. The zero-order valence-electron chi connectivity index (χ0n) is 10.1. The van der Waals surface area contributed by atoms with Crippen LogP contribution in [0, 0.1) is 0 Å². The van der Waals surface area contributed by atoms with E-state index in [1.807, 2.05) is 6.92 Å². The van der Waals surface area contributed by atoms with E-state index in [9.17, 15) is 4.79 Å². The van der Waals surface area contributed by atoms with Crippen LogP contribution in [0.2, 0.25) is 0 Å². The third kappa shape index (κ3) is 2.59. The van der Waals surface area contributed by atoms with Crippen LogP contribution in [-0.2, 0) is 13.5 Å². The molecule has 5 nitrogen and oxygen atoms in total. The highest BCUT2D eigenvalue weighted by atomic mass is 79.9. The molecule has 2 aromatic heterocycles. The molecular weight excluding hydrogens is 296 g/mol. The van der Waals surface area contributed by atoms with E-state index in [0.29, 0.717) is 11.4 Å². The number of nitrogens with one attached hydrogen (secondary N) is 1. The number of hydrogen-bond acceptors (Lipinski definition) is 3. The molecule has 0 unspecified atom stereocenters. The molecule has 6 heteroatoms. The highest BCUT2D eigenvalue weighted by Gasteiger charge is 2.13. The monoisotopic (exact) mass is 308 g/mol. The third-order valence-corrected chi connectivity index (χ3v) is 3.18. The molecule has 0 aliphatic carbocycles. The lowest BCUT2D eigenvalue weighted by Gasteiger charge is -2.06. The molecule has 0 saturated carbocycles. The summed E-state index contributed by atoms with van der Waals surface area (Å²) in [7, 11) is 1.76. The van der Waals surface area contributed by atoms with Crippen molar-refractivity contribution in [3.8, 4) is 0 Å². The number of nitrogens with zero attached hydrogens (tertiary/aromatic N) is 3. The molecular formula is C12H13BrN4O. The summed E-state index contributed by atoms with van der Waals surface area (Å²) in [6.07, 6.45) is 4.07. The minimum absolute atomic E-state index is 0.184. The molecule has 0 fully saturated rings. The van der Waals surface area contributed by atoms with Crippen LogP contribution in [0.5, 0.6) is 0 Å². The van der Waals surface area contributed by atoms with Crippen LogP contribution in [0.15, 0.2) is 29.0 Å². The second-order valence-corrected chi connectivity index (χ2v) is 4.66. The summed E-state index contributed by atoms with van der Waals surface area (Å²) < 4.78 is 2.33. The van der Waals surface area contributed by atoms with Crippen molar-refractivity contribution < 1.29 is 4.79 Å². The number of anilines is 1. The molecule has 0 aromatic carbocycles. The Labute approximate surface area is 113 Å². The summed E-state index contributed by atoms with van der Waals surface area (Å²) in [4.78, 5) is 16.0. The van der Waals surface area contributed by atoms with Gasteiger partial charge in [-0.3, -0.25) is 14.5 Å². The Morgan fingerprint density at radius 1 is 1.56 bits per heavy atom. The lowest BCUT2D eigenvalue weighted by Crippen LogP contribution is -2.16. The average molecular weight is 309 g/mol. The van der Waals surface area contributed by atoms with Gasteiger partial charge in [-0.15, -0.1) is 0 Å². The van der Waals surface area contributed by atoms with E-state index in [0.717, 1.165) is 16.6 Å². The Bertz CT molecular complexity index is 579. The topological polar surface area (TPSA) is 59.8 Å². The number of halogens is 1. The van der Waals surface area contributed by atoms with Gasteiger partial charge in [-0.05, 0) is 34.5 Å². The van der Waals surface area contributed by atoms with Crippen molar-refractivity contribution in [2.24, 2.45) is 7.05 Å². The summed E-state index contributed by atoms with van der Waals surface area (Å²) in [5.41, 5.74) is 2.13. The fourth-order valence-corrected chi connectivity index (χ4v) is 1.92. The van der Waals surface area contributed by atoms with E-state index < -0.39 is 0 Å². The van der Waals surface area contributed by atoms with Crippen LogP contribution in [0.3, 0.4) is 0 Å². The van der Waals surface area contributed by atoms with Crippen molar-refractivity contribution in [3.63, 3.8) is 0 Å². The van der Waals surface area contributed by atoms with Gasteiger partial charge >= 0.3 is 0 Å². The summed E-state index contributed by atoms with van der Waals surface area (Å²) in [6, 6.07) is 3.53. The van der Waals surface area contributed by atoms with Crippen LogP contribution < -0.4 is 5.32 Å². The van der Waals surface area contributed by atoms with Crippen molar-refractivity contribution in [1.29, 1.82) is 0 Å². The average Bonchev–Trinajstić information content (AvgIpc) is 2.73. The van der Waals surface area contributed by atoms with E-state index >= 15 is 0 Å². The first kappa shape index (κ1) is 12.8. The number of hydrogen-bond donors (Lipinski definition) is 1. The summed E-state index contributed by atoms with van der Waals surface area (Å²) in [6.45, 7) is 2.00. The fraction of sp³-hybridized carbons (Fsp3) is 0.250. The van der Waals surface area contributed by atoms with Gasteiger partial charge in [-0.2, -0.15) is 5.10 Å². The highest BCUT2D eigenvalue weighted by molar-refractivity contribution is 9.10. The molecule has 18 heavy (non-hydrogen) atoms. The van der Waals surface area contributed by atoms with Crippen molar-refractivity contribution in [3.05, 3.63) is 40.4 Å². The van der Waals surface area contributed by atoms with Gasteiger partial charge in [-0.1, -0.05) is 6.92 Å². The first-order valence-electron chi connectivity index (χ1n) is 5.55. The number of pyridine rings is 1. The lowest BCUT2D eigenvalue weighted by atomic mass is 10.3. The molecule has 1 N–H and O–H groups in total. The number of carbonyl (C=O) groups is 1. The van der Waals surface area contributed by atoms with E-state index in [4.69, 9.17) is 0 Å². The molecule has 0 atom stereocenters. The predicted octanol–water partition coefficient (Wildman–Crippen LogP) is 2.39. The van der Waals surface area contributed by atoms with Gasteiger partial charge in [0.1, 0.15) is 5.69 Å². The van der Waals surface area contributed by atoms with Crippen LogP contribution in [0.25, 0.3) is 0 Å². The molecule has 2 heterocycles. The number of amides is 1. The zero-order chi connectivity index (χ0) is 13.1. The summed E-state index contributed by atoms with van der Waals surface area (Å²) >= 11 is 3.34. The van der Waals surface area contributed by atoms with Crippen LogP contribution in [-0.4, -0.2) is 20.7 Å². The minimum atomic E-state index is -0.184. The van der Waals surface area contributed by atoms with Gasteiger partial charge in [0, 0.05) is 19.4 Å². The molecule has 0 radical (unpaired) electrons. The maximum Gasteiger partial charge on any atom is 0.273 e. The SMILES string of the molecule is CCc1cc(C(=O)Nc2ccncc2Br)n(C)n1. The third-order valence-electron chi connectivity index (χ3n) is 2.55. The van der Waals surface area contributed by atoms with E-state index in [1.165, 1.54) is 0 Å². The fourth-order valence-electron chi connectivity index (χ4n) is 1.57. The van der Waals surface area contributed by atoms with E-state index in [2.05, 4.69) is 31.3 Å². The Hall–Kier alpha value is -1.69. The molecule has 0 spiro atoms. The van der Waals surface area contributed by atoms with Crippen LogP contribution in [0.1, 0.15) is 23.1 Å². The van der Waals surface area contributed by atoms with E-state index in [1.54, 1.807) is 36.3 Å². The Kier molecular flexibility index (Phi) is 3.76. The van der Waals surface area contributed by atoms with Gasteiger partial charge in [-0.25, -0.2) is 0 Å². The Morgan fingerprint density at radius 2 is 2.33 bits per heavy atom. The van der Waals surface area contributed by atoms with Crippen molar-refractivity contribution >= 4 is 27.5 Å². The quantitative estimate of drug-likeness (QED) is 0.947. The summed E-state index contributed by atoms with van der Waals surface area (Å²) in [5, 5.41) is 7.06. The lowest BCUT2D eigenvalue weighted by molar-refractivity contribution is 0.101. The van der Waals surface area contributed by atoms with Gasteiger partial charge in [0.25, 0.3) is 5.91 Å². The molecule has 2 rings (SSSR count). The number of carbonyl (C=O) groups excluding carboxylic acids is 1. The standard InChI is InChI=1S/C12H13BrN4O/c1-3-8-6-11(17(2)16-8)12(18)15-10-4-5-14-7-9(10)13/h4-7H,3H2,1-2H3,(H,14,15,18). The van der Waals surface area contributed by atoms with Crippen molar-refractivity contribution in [1.82, 2.24) is 14.8 Å². The zero-order valence-corrected chi connectivity index (χ0v) is 11.7.